The van der Waals surface area contributed by atoms with Gasteiger partial charge >= 0.3 is 0 Å². The molecule has 0 radical (unpaired) electrons. The summed E-state index contributed by atoms with van der Waals surface area (Å²) in [4.78, 5) is 16.6. The van der Waals surface area contributed by atoms with Crippen molar-refractivity contribution in [3.8, 4) is 5.75 Å². The summed E-state index contributed by atoms with van der Waals surface area (Å²) in [5.41, 5.74) is 1.84. The van der Waals surface area contributed by atoms with E-state index < -0.39 is 0 Å². The molecule has 2 heterocycles. The van der Waals surface area contributed by atoms with Crippen LogP contribution in [0.5, 0.6) is 5.75 Å². The number of pyridine rings is 1. The Balaban J connectivity index is 1.56. The molecule has 0 saturated heterocycles. The van der Waals surface area contributed by atoms with E-state index in [-0.39, 0.29) is 24.3 Å². The molecule has 3 rings (SSSR count). The standard InChI is InChI=1S/C18H20N2O3/c21-11-13(9-14-5-3-4-8-19-14)10-20-18(22)16-12-23-17-7-2-1-6-15(16)17/h1-8,13,16,21H,9-12H2,(H,20,22)/t13-,16+/m0/s1. The summed E-state index contributed by atoms with van der Waals surface area (Å²) in [7, 11) is 0. The Morgan fingerprint density at radius 1 is 1.30 bits per heavy atom. The molecule has 1 aliphatic rings. The summed E-state index contributed by atoms with van der Waals surface area (Å²) in [6, 6.07) is 13.3. The minimum Gasteiger partial charge on any atom is -0.492 e. The molecule has 0 fully saturated rings. The second-order valence-electron chi connectivity index (χ2n) is 5.72. The Hall–Kier alpha value is -2.40. The first-order chi connectivity index (χ1) is 11.3. The van der Waals surface area contributed by atoms with Crippen LogP contribution in [-0.2, 0) is 11.2 Å². The number of nitrogens with one attached hydrogen (secondary N) is 1. The van der Waals surface area contributed by atoms with Gasteiger partial charge in [-0.05, 0) is 24.6 Å². The van der Waals surface area contributed by atoms with Crippen molar-refractivity contribution in [2.24, 2.45) is 5.92 Å². The smallest absolute Gasteiger partial charge is 0.231 e. The second kappa shape index (κ2) is 7.24. The van der Waals surface area contributed by atoms with Gasteiger partial charge in [0.2, 0.25) is 5.91 Å². The number of hydrogen-bond donors (Lipinski definition) is 2. The first kappa shape index (κ1) is 15.5. The highest BCUT2D eigenvalue weighted by atomic mass is 16.5. The molecule has 0 spiro atoms. The van der Waals surface area contributed by atoms with Gasteiger partial charge in [0.1, 0.15) is 18.3 Å². The molecule has 120 valence electrons. The van der Waals surface area contributed by atoms with E-state index in [1.807, 2.05) is 42.5 Å². The van der Waals surface area contributed by atoms with Gasteiger partial charge in [0.15, 0.2) is 0 Å². The topological polar surface area (TPSA) is 71.5 Å². The summed E-state index contributed by atoms with van der Waals surface area (Å²) in [6.45, 7) is 0.800. The number of hydrogen-bond acceptors (Lipinski definition) is 4. The fourth-order valence-electron chi connectivity index (χ4n) is 2.76. The average Bonchev–Trinajstić information content (AvgIpc) is 3.03. The molecule has 1 aromatic carbocycles. The van der Waals surface area contributed by atoms with Gasteiger partial charge < -0.3 is 15.2 Å². The van der Waals surface area contributed by atoms with E-state index in [1.54, 1.807) is 6.20 Å². The predicted molar refractivity (Wildman–Crippen MR) is 86.2 cm³/mol. The molecule has 2 N–H and O–H groups in total. The van der Waals surface area contributed by atoms with Crippen LogP contribution in [0.3, 0.4) is 0 Å². The Bertz CT molecular complexity index is 660. The second-order valence-corrected chi connectivity index (χ2v) is 5.72. The fraction of sp³-hybridized carbons (Fsp3) is 0.333. The zero-order valence-electron chi connectivity index (χ0n) is 12.8. The highest BCUT2D eigenvalue weighted by molar-refractivity contribution is 5.85. The molecule has 1 aromatic heterocycles. The van der Waals surface area contributed by atoms with Crippen LogP contribution in [0, 0.1) is 5.92 Å². The van der Waals surface area contributed by atoms with E-state index in [0.717, 1.165) is 17.0 Å². The van der Waals surface area contributed by atoms with Crippen molar-refractivity contribution in [1.29, 1.82) is 0 Å². The molecule has 0 aliphatic carbocycles. The van der Waals surface area contributed by atoms with Gasteiger partial charge in [0.05, 0.1) is 0 Å². The number of carbonyl (C=O) groups is 1. The monoisotopic (exact) mass is 312 g/mol. The fourth-order valence-corrected chi connectivity index (χ4v) is 2.76. The number of fused-ring (bicyclic) bond motifs is 1. The number of rotatable bonds is 6. The number of carbonyl (C=O) groups excluding carboxylic acids is 1. The van der Waals surface area contributed by atoms with Crippen molar-refractivity contribution in [3.05, 3.63) is 59.9 Å². The maximum atomic E-state index is 12.4. The van der Waals surface area contributed by atoms with Crippen LogP contribution in [0.4, 0.5) is 0 Å². The highest BCUT2D eigenvalue weighted by Crippen LogP contribution is 2.33. The lowest BCUT2D eigenvalue weighted by atomic mass is 9.99. The number of benzene rings is 1. The largest absolute Gasteiger partial charge is 0.492 e. The van der Waals surface area contributed by atoms with Gasteiger partial charge in [-0.2, -0.15) is 0 Å². The SMILES string of the molecule is O=C(NC[C@@H](CO)Cc1ccccn1)[C@@H]1COc2ccccc21. The number of aliphatic hydroxyl groups is 1. The third kappa shape index (κ3) is 3.68. The molecule has 2 aromatic rings. The van der Waals surface area contributed by atoms with E-state index >= 15 is 0 Å². The van der Waals surface area contributed by atoms with Crippen LogP contribution in [0.2, 0.25) is 0 Å². The molecule has 0 saturated carbocycles. The number of aliphatic hydroxyl groups excluding tert-OH is 1. The van der Waals surface area contributed by atoms with Crippen LogP contribution in [0.15, 0.2) is 48.7 Å². The lowest BCUT2D eigenvalue weighted by molar-refractivity contribution is -0.123. The predicted octanol–water partition coefficient (Wildman–Crippen LogP) is 1.52. The van der Waals surface area contributed by atoms with Gasteiger partial charge in [-0.15, -0.1) is 0 Å². The number of para-hydroxylation sites is 1. The summed E-state index contributed by atoms with van der Waals surface area (Å²) < 4.78 is 5.54. The maximum Gasteiger partial charge on any atom is 0.231 e. The van der Waals surface area contributed by atoms with Crippen molar-refractivity contribution in [2.75, 3.05) is 19.8 Å². The van der Waals surface area contributed by atoms with Crippen molar-refractivity contribution < 1.29 is 14.6 Å². The van der Waals surface area contributed by atoms with Gasteiger partial charge in [0, 0.05) is 36.5 Å². The molecule has 1 amide bonds. The summed E-state index contributed by atoms with van der Waals surface area (Å²) in [5.74, 6) is 0.390. The van der Waals surface area contributed by atoms with Gasteiger partial charge in [-0.1, -0.05) is 24.3 Å². The van der Waals surface area contributed by atoms with Crippen molar-refractivity contribution in [1.82, 2.24) is 10.3 Å². The highest BCUT2D eigenvalue weighted by Gasteiger charge is 2.30. The van der Waals surface area contributed by atoms with Crippen LogP contribution < -0.4 is 10.1 Å². The van der Waals surface area contributed by atoms with Crippen LogP contribution >= 0.6 is 0 Å². The van der Waals surface area contributed by atoms with Crippen molar-refractivity contribution >= 4 is 5.91 Å². The average molecular weight is 312 g/mol. The molecule has 5 nitrogen and oxygen atoms in total. The molecular formula is C18H20N2O3. The van der Waals surface area contributed by atoms with Gasteiger partial charge in [-0.25, -0.2) is 0 Å². The molecule has 0 unspecified atom stereocenters. The molecule has 2 atom stereocenters. The van der Waals surface area contributed by atoms with Crippen molar-refractivity contribution in [3.63, 3.8) is 0 Å². The van der Waals surface area contributed by atoms with Crippen LogP contribution in [-0.4, -0.2) is 35.8 Å². The first-order valence-corrected chi connectivity index (χ1v) is 7.78. The number of ether oxygens (including phenoxy) is 1. The van der Waals surface area contributed by atoms with E-state index in [4.69, 9.17) is 4.74 Å². The number of amides is 1. The molecule has 1 aliphatic heterocycles. The number of aromatic nitrogens is 1. The molecule has 5 heteroatoms. The maximum absolute atomic E-state index is 12.4. The summed E-state index contributed by atoms with van der Waals surface area (Å²) in [6.07, 6.45) is 2.37. The zero-order valence-corrected chi connectivity index (χ0v) is 12.8. The van der Waals surface area contributed by atoms with E-state index in [0.29, 0.717) is 19.6 Å². The normalized spacial score (nSPS) is 17.2. The minimum absolute atomic E-state index is 0.00854. The third-order valence-electron chi connectivity index (χ3n) is 4.06. The van der Waals surface area contributed by atoms with Crippen LogP contribution in [0.25, 0.3) is 0 Å². The lowest BCUT2D eigenvalue weighted by Gasteiger charge is -2.16. The zero-order chi connectivity index (χ0) is 16.1. The summed E-state index contributed by atoms with van der Waals surface area (Å²) in [5, 5.41) is 12.4. The van der Waals surface area contributed by atoms with E-state index in [2.05, 4.69) is 10.3 Å². The summed E-state index contributed by atoms with van der Waals surface area (Å²) >= 11 is 0. The quantitative estimate of drug-likeness (QED) is 0.848. The Kier molecular flexibility index (Phi) is 4.88. The first-order valence-electron chi connectivity index (χ1n) is 7.78. The molecular weight excluding hydrogens is 292 g/mol. The van der Waals surface area contributed by atoms with Crippen LogP contribution in [0.1, 0.15) is 17.2 Å². The Morgan fingerprint density at radius 3 is 2.91 bits per heavy atom. The molecule has 23 heavy (non-hydrogen) atoms. The van der Waals surface area contributed by atoms with Gasteiger partial charge in [-0.3, -0.25) is 9.78 Å². The van der Waals surface area contributed by atoms with Crippen molar-refractivity contribution in [2.45, 2.75) is 12.3 Å². The lowest BCUT2D eigenvalue weighted by Crippen LogP contribution is -2.35. The Labute approximate surface area is 135 Å². The van der Waals surface area contributed by atoms with E-state index in [9.17, 15) is 9.90 Å². The third-order valence-corrected chi connectivity index (χ3v) is 4.06. The Morgan fingerprint density at radius 2 is 2.13 bits per heavy atom. The van der Waals surface area contributed by atoms with Gasteiger partial charge in [0.25, 0.3) is 0 Å². The number of nitrogens with zero attached hydrogens (tertiary/aromatic N) is 1. The van der Waals surface area contributed by atoms with E-state index in [1.165, 1.54) is 0 Å². The minimum atomic E-state index is -0.277. The molecule has 0 bridgehead atoms.